The van der Waals surface area contributed by atoms with Crippen LogP contribution < -0.4 is 10.6 Å². The first-order valence-corrected chi connectivity index (χ1v) is 6.60. The summed E-state index contributed by atoms with van der Waals surface area (Å²) in [7, 11) is 0. The lowest BCUT2D eigenvalue weighted by Crippen LogP contribution is -2.40. The van der Waals surface area contributed by atoms with E-state index in [4.69, 9.17) is 5.73 Å². The van der Waals surface area contributed by atoms with Crippen LogP contribution in [0.15, 0.2) is 6.07 Å². The van der Waals surface area contributed by atoms with Crippen molar-refractivity contribution >= 4 is 17.6 Å². The minimum Gasteiger partial charge on any atom is -0.480 e. The van der Waals surface area contributed by atoms with Gasteiger partial charge >= 0.3 is 5.97 Å². The van der Waals surface area contributed by atoms with E-state index in [1.807, 2.05) is 13.8 Å². The molecule has 6 heteroatoms. The number of amides is 1. The quantitative estimate of drug-likeness (QED) is 0.862. The average Bonchev–Trinajstić information content (AvgIpc) is 2.69. The van der Waals surface area contributed by atoms with Gasteiger partial charge in [-0.05, 0) is 32.3 Å². The zero-order chi connectivity index (χ0) is 15.0. The number of carboxylic acid groups (broad SMARTS) is 1. The maximum Gasteiger partial charge on any atom is 0.326 e. The number of carboxylic acids is 1. The molecule has 1 aromatic heterocycles. The summed E-state index contributed by atoms with van der Waals surface area (Å²) in [5.41, 5.74) is 7.61. The van der Waals surface area contributed by atoms with E-state index in [1.165, 1.54) is 0 Å². The Hall–Kier alpha value is -2.11. The molecule has 20 heavy (non-hydrogen) atoms. The summed E-state index contributed by atoms with van der Waals surface area (Å²) in [4.78, 5) is 29.1. The van der Waals surface area contributed by atoms with Crippen molar-refractivity contribution < 1.29 is 14.7 Å². The Kier molecular flexibility index (Phi) is 3.65. The van der Waals surface area contributed by atoms with Gasteiger partial charge in [-0.15, -0.1) is 0 Å². The van der Waals surface area contributed by atoms with Crippen LogP contribution in [0.1, 0.15) is 35.1 Å². The monoisotopic (exact) mass is 277 g/mol. The van der Waals surface area contributed by atoms with Crippen molar-refractivity contribution in [2.45, 2.75) is 33.2 Å². The Morgan fingerprint density at radius 1 is 1.45 bits per heavy atom. The van der Waals surface area contributed by atoms with Crippen LogP contribution in [0.3, 0.4) is 0 Å². The minimum absolute atomic E-state index is 0.0296. The highest BCUT2D eigenvalue weighted by Crippen LogP contribution is 2.33. The minimum atomic E-state index is -0.877. The second kappa shape index (κ2) is 5.11. The molecule has 2 rings (SSSR count). The molecule has 108 valence electrons. The lowest BCUT2D eigenvalue weighted by Gasteiger charge is -2.27. The summed E-state index contributed by atoms with van der Waals surface area (Å²) in [6, 6.07) is 1.11. The van der Waals surface area contributed by atoms with Crippen molar-refractivity contribution in [1.82, 2.24) is 4.98 Å². The second-order valence-corrected chi connectivity index (χ2v) is 5.35. The standard InChI is InChI=1S/C14H19N3O3/c1-7-4-5-17(12(7)14(19)20)10-6-8(2)16-9(3)11(10)13(15)18/h6-7,12H,4-5H2,1-3H3,(H2,15,18)(H,19,20). The van der Waals surface area contributed by atoms with Gasteiger partial charge < -0.3 is 15.7 Å². The van der Waals surface area contributed by atoms with Gasteiger partial charge in [0.25, 0.3) is 5.91 Å². The van der Waals surface area contributed by atoms with Gasteiger partial charge in [-0.1, -0.05) is 6.92 Å². The number of aromatic nitrogens is 1. The van der Waals surface area contributed by atoms with Crippen molar-refractivity contribution in [3.05, 3.63) is 23.0 Å². The third-order valence-electron chi connectivity index (χ3n) is 3.82. The molecular weight excluding hydrogens is 258 g/mol. The van der Waals surface area contributed by atoms with Gasteiger partial charge in [0, 0.05) is 12.2 Å². The Bertz CT molecular complexity index is 571. The number of anilines is 1. The Morgan fingerprint density at radius 2 is 2.10 bits per heavy atom. The van der Waals surface area contributed by atoms with Crippen molar-refractivity contribution in [3.8, 4) is 0 Å². The molecule has 1 aromatic rings. The predicted molar refractivity (Wildman–Crippen MR) is 74.8 cm³/mol. The maximum absolute atomic E-state index is 11.7. The SMILES string of the molecule is Cc1cc(N2CCC(C)C2C(=O)O)c(C(N)=O)c(C)n1. The van der Waals surface area contributed by atoms with Crippen LogP contribution in [-0.4, -0.2) is 34.6 Å². The summed E-state index contributed by atoms with van der Waals surface area (Å²) < 4.78 is 0. The van der Waals surface area contributed by atoms with E-state index in [0.717, 1.165) is 12.1 Å². The van der Waals surface area contributed by atoms with E-state index in [-0.39, 0.29) is 5.92 Å². The van der Waals surface area contributed by atoms with Gasteiger partial charge in [0.1, 0.15) is 6.04 Å². The first kappa shape index (κ1) is 14.3. The molecule has 2 heterocycles. The summed E-state index contributed by atoms with van der Waals surface area (Å²) in [6.07, 6.45) is 0.773. The van der Waals surface area contributed by atoms with Crippen LogP contribution in [0.2, 0.25) is 0 Å². The lowest BCUT2D eigenvalue weighted by molar-refractivity contribution is -0.139. The molecule has 0 radical (unpaired) electrons. The number of pyridine rings is 1. The first-order chi connectivity index (χ1) is 9.32. The number of aryl methyl sites for hydroxylation is 2. The fraction of sp³-hybridized carbons (Fsp3) is 0.500. The number of nitrogens with two attached hydrogens (primary N) is 1. The molecule has 1 amide bonds. The number of rotatable bonds is 3. The molecule has 0 spiro atoms. The normalized spacial score (nSPS) is 22.1. The zero-order valence-corrected chi connectivity index (χ0v) is 11.9. The molecule has 6 nitrogen and oxygen atoms in total. The smallest absolute Gasteiger partial charge is 0.326 e. The molecule has 1 saturated heterocycles. The Balaban J connectivity index is 2.57. The molecule has 1 aliphatic rings. The number of hydrogen-bond donors (Lipinski definition) is 2. The van der Waals surface area contributed by atoms with E-state index in [0.29, 0.717) is 23.5 Å². The van der Waals surface area contributed by atoms with Crippen LogP contribution in [0.5, 0.6) is 0 Å². The van der Waals surface area contributed by atoms with E-state index < -0.39 is 17.9 Å². The van der Waals surface area contributed by atoms with E-state index in [2.05, 4.69) is 4.98 Å². The molecule has 3 N–H and O–H groups in total. The number of hydrogen-bond acceptors (Lipinski definition) is 4. The number of primary amides is 1. The van der Waals surface area contributed by atoms with Gasteiger partial charge in [0.15, 0.2) is 0 Å². The molecule has 0 aliphatic carbocycles. The fourth-order valence-corrected chi connectivity index (χ4v) is 2.93. The molecule has 1 aliphatic heterocycles. The maximum atomic E-state index is 11.7. The number of aliphatic carboxylic acids is 1. The van der Waals surface area contributed by atoms with Crippen molar-refractivity contribution in [3.63, 3.8) is 0 Å². The van der Waals surface area contributed by atoms with Gasteiger partial charge in [-0.3, -0.25) is 9.78 Å². The van der Waals surface area contributed by atoms with Crippen molar-refractivity contribution in [1.29, 1.82) is 0 Å². The van der Waals surface area contributed by atoms with Crippen molar-refractivity contribution in [2.24, 2.45) is 11.7 Å². The summed E-state index contributed by atoms with van der Waals surface area (Å²) >= 11 is 0. The molecule has 2 unspecified atom stereocenters. The highest BCUT2D eigenvalue weighted by molar-refractivity contribution is 6.00. The van der Waals surface area contributed by atoms with Crippen LogP contribution in [0, 0.1) is 19.8 Å². The van der Waals surface area contributed by atoms with Gasteiger partial charge in [-0.25, -0.2) is 4.79 Å². The van der Waals surface area contributed by atoms with Crippen LogP contribution in [0.4, 0.5) is 5.69 Å². The fourth-order valence-electron chi connectivity index (χ4n) is 2.93. The molecule has 2 atom stereocenters. The predicted octanol–water partition coefficient (Wildman–Crippen LogP) is 1.10. The number of nitrogens with zero attached hydrogens (tertiary/aromatic N) is 2. The zero-order valence-electron chi connectivity index (χ0n) is 11.9. The number of carbonyl (C=O) groups is 2. The molecule has 0 aromatic carbocycles. The largest absolute Gasteiger partial charge is 0.480 e. The second-order valence-electron chi connectivity index (χ2n) is 5.35. The lowest BCUT2D eigenvalue weighted by atomic mass is 10.0. The summed E-state index contributed by atoms with van der Waals surface area (Å²) in [5, 5.41) is 9.41. The van der Waals surface area contributed by atoms with Crippen LogP contribution in [0.25, 0.3) is 0 Å². The number of carbonyl (C=O) groups excluding carboxylic acids is 1. The Labute approximate surface area is 117 Å². The first-order valence-electron chi connectivity index (χ1n) is 6.60. The molecule has 0 bridgehead atoms. The molecule has 1 fully saturated rings. The highest BCUT2D eigenvalue weighted by atomic mass is 16.4. The van der Waals surface area contributed by atoms with Gasteiger partial charge in [0.2, 0.25) is 0 Å². The van der Waals surface area contributed by atoms with Crippen LogP contribution in [-0.2, 0) is 4.79 Å². The summed E-state index contributed by atoms with van der Waals surface area (Å²) in [5.74, 6) is -1.42. The van der Waals surface area contributed by atoms with E-state index >= 15 is 0 Å². The van der Waals surface area contributed by atoms with E-state index in [1.54, 1.807) is 17.9 Å². The third-order valence-corrected chi connectivity index (χ3v) is 3.82. The van der Waals surface area contributed by atoms with E-state index in [9.17, 15) is 14.7 Å². The highest BCUT2D eigenvalue weighted by Gasteiger charge is 2.38. The summed E-state index contributed by atoms with van der Waals surface area (Å²) in [6.45, 7) is 6.04. The Morgan fingerprint density at radius 3 is 2.65 bits per heavy atom. The van der Waals surface area contributed by atoms with Crippen LogP contribution >= 0.6 is 0 Å². The molecule has 0 saturated carbocycles. The topological polar surface area (TPSA) is 96.5 Å². The van der Waals surface area contributed by atoms with Crippen molar-refractivity contribution in [2.75, 3.05) is 11.4 Å². The average molecular weight is 277 g/mol. The third kappa shape index (κ3) is 2.33. The van der Waals surface area contributed by atoms with Gasteiger partial charge in [-0.2, -0.15) is 0 Å². The molecular formula is C14H19N3O3. The van der Waals surface area contributed by atoms with Gasteiger partial charge in [0.05, 0.1) is 16.9 Å².